The highest BCUT2D eigenvalue weighted by atomic mass is 28.4. The second-order valence-corrected chi connectivity index (χ2v) is 23.1. The molecule has 1 unspecified atom stereocenters. The number of rotatable bonds is 13. The molecule has 0 aliphatic carbocycles. The lowest BCUT2D eigenvalue weighted by atomic mass is 10.3. The number of amides is 1. The van der Waals surface area contributed by atoms with Crippen molar-refractivity contribution in [1.82, 2.24) is 5.32 Å². The van der Waals surface area contributed by atoms with Gasteiger partial charge in [-0.1, -0.05) is 27.4 Å². The molecule has 0 aromatic heterocycles. The van der Waals surface area contributed by atoms with E-state index >= 15 is 0 Å². The van der Waals surface area contributed by atoms with Crippen LogP contribution in [0, 0.1) is 0 Å². The summed E-state index contributed by atoms with van der Waals surface area (Å²) < 4.78 is 20.1. The fourth-order valence-corrected chi connectivity index (χ4v) is 7.13. The van der Waals surface area contributed by atoms with Crippen molar-refractivity contribution in [3.63, 3.8) is 0 Å². The number of hydrogen-bond donors (Lipinski definition) is 1. The standard InChI is InChI=1S/C18H43NO4Si4/c1-11-17(20)19-18(22-26(7,8)13-3,23-27(9,10)14-4)16(15-24)21-25(5,6)12-2/h11,16H,1,12-15H2,2-10,24H3,(H,19,20). The van der Waals surface area contributed by atoms with Crippen LogP contribution < -0.4 is 5.32 Å². The Morgan fingerprint density at radius 2 is 1.41 bits per heavy atom. The van der Waals surface area contributed by atoms with Crippen molar-refractivity contribution in [2.45, 2.75) is 96.2 Å². The molecule has 1 N–H and O–H groups in total. The molecule has 0 radical (unpaired) electrons. The van der Waals surface area contributed by atoms with E-state index in [1.165, 1.54) is 6.08 Å². The van der Waals surface area contributed by atoms with Gasteiger partial charge >= 0.3 is 0 Å². The summed E-state index contributed by atoms with van der Waals surface area (Å²) in [4.78, 5) is 12.4. The number of hydrogen-bond acceptors (Lipinski definition) is 4. The highest BCUT2D eigenvalue weighted by Gasteiger charge is 2.50. The molecule has 0 saturated heterocycles. The Morgan fingerprint density at radius 3 is 1.70 bits per heavy atom. The van der Waals surface area contributed by atoms with Gasteiger partial charge in [0.1, 0.15) is 6.10 Å². The maximum Gasteiger partial charge on any atom is 0.258 e. The van der Waals surface area contributed by atoms with E-state index in [0.29, 0.717) is 0 Å². The monoisotopic (exact) mass is 449 g/mol. The van der Waals surface area contributed by atoms with Gasteiger partial charge in [-0.2, -0.15) is 0 Å². The fourth-order valence-electron chi connectivity index (χ4n) is 2.37. The number of carbonyl (C=O) groups excluding carboxylic acids is 1. The van der Waals surface area contributed by atoms with Crippen molar-refractivity contribution < 1.29 is 18.1 Å². The summed E-state index contributed by atoms with van der Waals surface area (Å²) in [5, 5.41) is 3.05. The van der Waals surface area contributed by atoms with E-state index in [1.807, 2.05) is 0 Å². The summed E-state index contributed by atoms with van der Waals surface area (Å²) in [7, 11) is -5.10. The molecule has 9 heteroatoms. The summed E-state index contributed by atoms with van der Waals surface area (Å²) >= 11 is 0. The van der Waals surface area contributed by atoms with Gasteiger partial charge in [0, 0.05) is 10.2 Å². The molecule has 1 amide bonds. The quantitative estimate of drug-likeness (QED) is 0.264. The molecule has 0 aromatic rings. The number of nitrogens with one attached hydrogen (secondary N) is 1. The summed E-state index contributed by atoms with van der Waals surface area (Å²) in [6, 6.07) is 3.69. The molecule has 1 atom stereocenters. The molecule has 0 aliphatic rings. The predicted molar refractivity (Wildman–Crippen MR) is 127 cm³/mol. The van der Waals surface area contributed by atoms with Gasteiger partial charge in [-0.15, -0.1) is 0 Å². The first kappa shape index (κ1) is 27.0. The Morgan fingerprint density at radius 1 is 1.00 bits per heavy atom. The summed E-state index contributed by atoms with van der Waals surface area (Å²) in [6.45, 7) is 23.1. The first-order chi connectivity index (χ1) is 12.2. The number of carbonyl (C=O) groups is 1. The van der Waals surface area contributed by atoms with Gasteiger partial charge < -0.3 is 18.6 Å². The first-order valence-corrected chi connectivity index (χ1v) is 21.0. The van der Waals surface area contributed by atoms with Crippen LogP contribution in [0.1, 0.15) is 20.8 Å². The smallest absolute Gasteiger partial charge is 0.258 e. The van der Waals surface area contributed by atoms with Gasteiger partial charge in [-0.05, 0) is 69.5 Å². The van der Waals surface area contributed by atoms with E-state index in [1.54, 1.807) is 0 Å². The van der Waals surface area contributed by atoms with Crippen LogP contribution in [-0.4, -0.2) is 53.1 Å². The maximum absolute atomic E-state index is 12.4. The van der Waals surface area contributed by atoms with E-state index < -0.39 is 30.9 Å². The van der Waals surface area contributed by atoms with Crippen LogP contribution in [0.5, 0.6) is 0 Å². The van der Waals surface area contributed by atoms with Gasteiger partial charge in [0.25, 0.3) is 5.91 Å². The van der Waals surface area contributed by atoms with Crippen molar-refractivity contribution in [3.8, 4) is 0 Å². The molecular formula is C18H43NO4Si4. The van der Waals surface area contributed by atoms with Crippen molar-refractivity contribution >= 4 is 41.1 Å². The first-order valence-electron chi connectivity index (χ1n) is 10.2. The van der Waals surface area contributed by atoms with Gasteiger partial charge in [0.05, 0.1) is 0 Å². The molecule has 5 nitrogen and oxygen atoms in total. The minimum absolute atomic E-state index is 0.281. The fraction of sp³-hybridized carbons (Fsp3) is 0.833. The summed E-state index contributed by atoms with van der Waals surface area (Å²) in [5.74, 6) is -1.51. The van der Waals surface area contributed by atoms with Crippen LogP contribution in [0.2, 0.25) is 63.5 Å². The third-order valence-electron chi connectivity index (χ3n) is 5.15. The second kappa shape index (κ2) is 10.7. The van der Waals surface area contributed by atoms with Crippen LogP contribution in [0.4, 0.5) is 0 Å². The van der Waals surface area contributed by atoms with Crippen LogP contribution in [0.15, 0.2) is 12.7 Å². The third-order valence-corrected chi connectivity index (χ3v) is 13.6. The Bertz CT molecular complexity index is 480. The highest BCUT2D eigenvalue weighted by molar-refractivity contribution is 6.72. The van der Waals surface area contributed by atoms with Crippen molar-refractivity contribution in [2.75, 3.05) is 0 Å². The summed E-state index contributed by atoms with van der Waals surface area (Å²) in [5.41, 5.74) is 0. The van der Waals surface area contributed by atoms with E-state index in [2.05, 4.69) is 71.9 Å². The lowest BCUT2D eigenvalue weighted by Gasteiger charge is -2.49. The zero-order chi connectivity index (χ0) is 21.5. The largest absolute Gasteiger partial charge is 0.407 e. The van der Waals surface area contributed by atoms with Gasteiger partial charge in [0.2, 0.25) is 5.91 Å². The molecule has 27 heavy (non-hydrogen) atoms. The zero-order valence-electron chi connectivity index (χ0n) is 19.3. The average Bonchev–Trinajstić information content (AvgIpc) is 2.58. The molecule has 0 aliphatic heterocycles. The molecule has 160 valence electrons. The zero-order valence-corrected chi connectivity index (χ0v) is 24.3. The van der Waals surface area contributed by atoms with Crippen LogP contribution in [0.3, 0.4) is 0 Å². The lowest BCUT2D eigenvalue weighted by molar-refractivity contribution is -0.208. The van der Waals surface area contributed by atoms with E-state index in [4.69, 9.17) is 13.3 Å². The lowest BCUT2D eigenvalue weighted by Crippen LogP contribution is -2.68. The molecule has 0 rings (SSSR count). The van der Waals surface area contributed by atoms with Crippen LogP contribution in [-0.2, 0) is 18.1 Å². The molecule has 0 saturated carbocycles. The summed E-state index contributed by atoms with van der Waals surface area (Å²) in [6.07, 6.45) is 0.987. The van der Waals surface area contributed by atoms with Gasteiger partial charge in [-0.25, -0.2) is 0 Å². The van der Waals surface area contributed by atoms with E-state index in [-0.39, 0.29) is 12.0 Å². The highest BCUT2D eigenvalue weighted by Crippen LogP contribution is 2.33. The minimum atomic E-state index is -2.07. The van der Waals surface area contributed by atoms with E-state index in [0.717, 1.165) is 34.4 Å². The van der Waals surface area contributed by atoms with Crippen molar-refractivity contribution in [3.05, 3.63) is 12.7 Å². The third kappa shape index (κ3) is 8.88. The normalized spacial score (nSPS) is 14.9. The topological polar surface area (TPSA) is 56.8 Å². The Hall–Kier alpha value is -0.0425. The molecule has 0 heterocycles. The average molecular weight is 450 g/mol. The second-order valence-electron chi connectivity index (χ2n) is 8.92. The minimum Gasteiger partial charge on any atom is -0.407 e. The molecule has 0 spiro atoms. The molecule has 0 bridgehead atoms. The SMILES string of the molecule is C=CC(=O)NC(O[Si](C)(C)CC)(O[Si](C)(C)CC)C(C[SiH3])O[Si](C)(C)CC. The van der Waals surface area contributed by atoms with E-state index in [9.17, 15) is 4.79 Å². The molecular weight excluding hydrogens is 407 g/mol. The van der Waals surface area contributed by atoms with Crippen molar-refractivity contribution in [2.24, 2.45) is 0 Å². The molecule has 0 fully saturated rings. The Labute approximate surface area is 173 Å². The van der Waals surface area contributed by atoms with Crippen molar-refractivity contribution in [1.29, 1.82) is 0 Å². The van der Waals surface area contributed by atoms with Crippen LogP contribution >= 0.6 is 0 Å². The van der Waals surface area contributed by atoms with Gasteiger partial charge in [0.15, 0.2) is 25.0 Å². The van der Waals surface area contributed by atoms with Gasteiger partial charge in [-0.3, -0.25) is 4.79 Å². The predicted octanol–water partition coefficient (Wildman–Crippen LogP) is 3.82. The maximum atomic E-state index is 12.4. The Kier molecular flexibility index (Phi) is 10.6. The van der Waals surface area contributed by atoms with Crippen LogP contribution in [0.25, 0.3) is 0 Å². The Balaban J connectivity index is 6.35. The molecule has 0 aromatic carbocycles.